The van der Waals surface area contributed by atoms with E-state index in [1.165, 1.54) is 18.2 Å². The Labute approximate surface area is 160 Å². The van der Waals surface area contributed by atoms with Crippen LogP contribution in [-0.4, -0.2) is 18.8 Å². The molecule has 144 valence electrons. The first kappa shape index (κ1) is 17.8. The van der Waals surface area contributed by atoms with Gasteiger partial charge in [-0.1, -0.05) is 30.8 Å². The number of amides is 2. The quantitative estimate of drug-likeness (QED) is 0.792. The van der Waals surface area contributed by atoms with E-state index in [0.717, 1.165) is 0 Å². The highest BCUT2D eigenvalue weighted by Crippen LogP contribution is 2.34. The number of nitrogens with one attached hydrogen (secondary N) is 2. The van der Waals surface area contributed by atoms with Crippen molar-refractivity contribution in [3.8, 4) is 11.5 Å². The minimum Gasteiger partial charge on any atom is -0.460 e. The standard InChI is InChI=1S/C20H17FN2O5/c1-11-17(18(23-20(25)22-11)13-4-2-3-5-14(13)21)19(24)26-9-12-6-7-15-16(8-12)28-10-27-15/h2-8,17-18H,1,9-10H2,(H2,22,23,25). The number of rotatable bonds is 4. The summed E-state index contributed by atoms with van der Waals surface area (Å²) in [6.45, 7) is 3.88. The van der Waals surface area contributed by atoms with Gasteiger partial charge in [-0.05, 0) is 23.8 Å². The van der Waals surface area contributed by atoms with Crippen molar-refractivity contribution in [1.82, 2.24) is 10.6 Å². The highest BCUT2D eigenvalue weighted by molar-refractivity contribution is 5.85. The summed E-state index contributed by atoms with van der Waals surface area (Å²) >= 11 is 0. The first-order chi connectivity index (χ1) is 13.5. The lowest BCUT2D eigenvalue weighted by Gasteiger charge is -2.33. The molecule has 1 fully saturated rings. The predicted octanol–water partition coefficient (Wildman–Crippen LogP) is 2.78. The summed E-state index contributed by atoms with van der Waals surface area (Å²) in [6.07, 6.45) is 0. The van der Waals surface area contributed by atoms with E-state index >= 15 is 0 Å². The van der Waals surface area contributed by atoms with Gasteiger partial charge in [-0.2, -0.15) is 0 Å². The highest BCUT2D eigenvalue weighted by atomic mass is 19.1. The summed E-state index contributed by atoms with van der Waals surface area (Å²) < 4.78 is 30.2. The number of esters is 1. The molecule has 0 spiro atoms. The average molecular weight is 384 g/mol. The summed E-state index contributed by atoms with van der Waals surface area (Å²) in [6, 6.07) is 9.66. The summed E-state index contributed by atoms with van der Waals surface area (Å²) in [4.78, 5) is 24.6. The molecule has 7 nitrogen and oxygen atoms in total. The van der Waals surface area contributed by atoms with Crippen LogP contribution in [0, 0.1) is 11.7 Å². The Kier molecular flexibility index (Phi) is 4.60. The molecule has 2 aliphatic rings. The van der Waals surface area contributed by atoms with E-state index in [9.17, 15) is 14.0 Å². The monoisotopic (exact) mass is 384 g/mol. The maximum atomic E-state index is 14.3. The zero-order valence-electron chi connectivity index (χ0n) is 14.7. The van der Waals surface area contributed by atoms with Crippen molar-refractivity contribution < 1.29 is 28.2 Å². The van der Waals surface area contributed by atoms with E-state index in [-0.39, 0.29) is 24.7 Å². The summed E-state index contributed by atoms with van der Waals surface area (Å²) in [5.41, 5.74) is 1.04. The predicted molar refractivity (Wildman–Crippen MR) is 95.8 cm³/mol. The number of carbonyl (C=O) groups is 2. The number of ether oxygens (including phenoxy) is 3. The van der Waals surface area contributed by atoms with E-state index < -0.39 is 29.8 Å². The topological polar surface area (TPSA) is 85.9 Å². The van der Waals surface area contributed by atoms with Gasteiger partial charge in [0.05, 0.1) is 6.04 Å². The van der Waals surface area contributed by atoms with E-state index in [1.54, 1.807) is 24.3 Å². The SMILES string of the molecule is C=C1NC(=O)NC(c2ccccc2F)C1C(=O)OCc1ccc2c(c1)OCO2. The number of halogens is 1. The van der Waals surface area contributed by atoms with Crippen LogP contribution in [0.25, 0.3) is 0 Å². The zero-order chi connectivity index (χ0) is 19.7. The van der Waals surface area contributed by atoms with Gasteiger partial charge in [0, 0.05) is 11.3 Å². The van der Waals surface area contributed by atoms with Crippen molar-refractivity contribution in [2.45, 2.75) is 12.6 Å². The van der Waals surface area contributed by atoms with Crippen molar-refractivity contribution >= 4 is 12.0 Å². The molecule has 2 aliphatic heterocycles. The molecule has 2 heterocycles. The first-order valence-electron chi connectivity index (χ1n) is 8.59. The smallest absolute Gasteiger partial charge is 0.319 e. The molecule has 0 radical (unpaired) electrons. The molecular weight excluding hydrogens is 367 g/mol. The van der Waals surface area contributed by atoms with Gasteiger partial charge in [0.2, 0.25) is 6.79 Å². The Morgan fingerprint density at radius 3 is 2.82 bits per heavy atom. The molecule has 0 bridgehead atoms. The lowest BCUT2D eigenvalue weighted by Crippen LogP contribution is -2.51. The second kappa shape index (κ2) is 7.22. The van der Waals surface area contributed by atoms with Crippen LogP contribution in [0.3, 0.4) is 0 Å². The molecule has 0 saturated carbocycles. The van der Waals surface area contributed by atoms with Crippen LogP contribution in [0.2, 0.25) is 0 Å². The molecule has 2 atom stereocenters. The van der Waals surface area contributed by atoms with Crippen LogP contribution < -0.4 is 20.1 Å². The number of hydrogen-bond acceptors (Lipinski definition) is 5. The molecule has 0 aromatic heterocycles. The Hall–Kier alpha value is -3.55. The maximum Gasteiger partial charge on any atom is 0.319 e. The van der Waals surface area contributed by atoms with Crippen molar-refractivity contribution in [2.24, 2.45) is 5.92 Å². The molecule has 2 aromatic rings. The largest absolute Gasteiger partial charge is 0.460 e. The molecular formula is C20H17FN2O5. The second-order valence-electron chi connectivity index (χ2n) is 6.40. The molecule has 4 rings (SSSR count). The minimum atomic E-state index is -0.983. The molecule has 8 heteroatoms. The van der Waals surface area contributed by atoms with Crippen LogP contribution in [0.5, 0.6) is 11.5 Å². The lowest BCUT2D eigenvalue weighted by atomic mass is 9.89. The number of hydrogen-bond donors (Lipinski definition) is 2. The molecule has 2 N–H and O–H groups in total. The van der Waals surface area contributed by atoms with E-state index in [2.05, 4.69) is 17.2 Å². The minimum absolute atomic E-state index is 0.0167. The molecule has 2 aromatic carbocycles. The number of benzene rings is 2. The van der Waals surface area contributed by atoms with Gasteiger partial charge in [-0.25, -0.2) is 9.18 Å². The average Bonchev–Trinajstić information content (AvgIpc) is 3.13. The molecule has 1 saturated heterocycles. The lowest BCUT2D eigenvalue weighted by molar-refractivity contribution is -0.149. The number of carbonyl (C=O) groups excluding carboxylic acids is 2. The number of urea groups is 1. The molecule has 2 amide bonds. The Balaban J connectivity index is 1.52. The molecule has 0 aliphatic carbocycles. The fourth-order valence-electron chi connectivity index (χ4n) is 3.22. The van der Waals surface area contributed by atoms with Gasteiger partial charge in [0.25, 0.3) is 0 Å². The van der Waals surface area contributed by atoms with Gasteiger partial charge in [0.1, 0.15) is 18.3 Å². The summed E-state index contributed by atoms with van der Waals surface area (Å²) in [5.74, 6) is -0.945. The zero-order valence-corrected chi connectivity index (χ0v) is 14.7. The van der Waals surface area contributed by atoms with Crippen LogP contribution in [0.1, 0.15) is 17.2 Å². The van der Waals surface area contributed by atoms with E-state index in [0.29, 0.717) is 17.1 Å². The van der Waals surface area contributed by atoms with Gasteiger partial charge >= 0.3 is 12.0 Å². The van der Waals surface area contributed by atoms with Crippen molar-refractivity contribution in [3.63, 3.8) is 0 Å². The summed E-state index contributed by atoms with van der Waals surface area (Å²) in [7, 11) is 0. The number of fused-ring (bicyclic) bond motifs is 1. The Morgan fingerprint density at radius 1 is 1.21 bits per heavy atom. The second-order valence-corrected chi connectivity index (χ2v) is 6.40. The van der Waals surface area contributed by atoms with Crippen molar-refractivity contribution in [1.29, 1.82) is 0 Å². The van der Waals surface area contributed by atoms with Crippen LogP contribution in [0.15, 0.2) is 54.7 Å². The van der Waals surface area contributed by atoms with E-state index in [1.807, 2.05) is 0 Å². The van der Waals surface area contributed by atoms with Crippen LogP contribution in [0.4, 0.5) is 9.18 Å². The van der Waals surface area contributed by atoms with Crippen LogP contribution >= 0.6 is 0 Å². The fraction of sp³-hybridized carbons (Fsp3) is 0.200. The maximum absolute atomic E-state index is 14.3. The van der Waals surface area contributed by atoms with Gasteiger partial charge < -0.3 is 24.8 Å². The van der Waals surface area contributed by atoms with Crippen molar-refractivity contribution in [3.05, 3.63) is 71.7 Å². The first-order valence-corrected chi connectivity index (χ1v) is 8.59. The van der Waals surface area contributed by atoms with Crippen molar-refractivity contribution in [2.75, 3.05) is 6.79 Å². The van der Waals surface area contributed by atoms with Gasteiger partial charge in [-0.3, -0.25) is 4.79 Å². The van der Waals surface area contributed by atoms with Gasteiger partial charge in [-0.15, -0.1) is 0 Å². The van der Waals surface area contributed by atoms with Crippen LogP contribution in [-0.2, 0) is 16.1 Å². The Bertz CT molecular complexity index is 961. The highest BCUT2D eigenvalue weighted by Gasteiger charge is 2.40. The third-order valence-electron chi connectivity index (χ3n) is 4.58. The van der Waals surface area contributed by atoms with Gasteiger partial charge in [0.15, 0.2) is 11.5 Å². The fourth-order valence-corrected chi connectivity index (χ4v) is 3.22. The third-order valence-corrected chi connectivity index (χ3v) is 4.58. The molecule has 28 heavy (non-hydrogen) atoms. The Morgan fingerprint density at radius 2 is 2.00 bits per heavy atom. The normalized spacial score (nSPS) is 20.3. The third kappa shape index (κ3) is 3.36. The molecule has 2 unspecified atom stereocenters. The summed E-state index contributed by atoms with van der Waals surface area (Å²) in [5, 5.41) is 5.04. The van der Waals surface area contributed by atoms with E-state index in [4.69, 9.17) is 14.2 Å².